The highest BCUT2D eigenvalue weighted by atomic mass is 16.3. The van der Waals surface area contributed by atoms with Gasteiger partial charge in [-0.2, -0.15) is 0 Å². The number of hydrogen-bond donors (Lipinski definition) is 3. The van der Waals surface area contributed by atoms with Crippen LogP contribution in [0.3, 0.4) is 0 Å². The van der Waals surface area contributed by atoms with Gasteiger partial charge in [-0.1, -0.05) is 26.2 Å². The molecular formula is C16H31N3O2. The van der Waals surface area contributed by atoms with Gasteiger partial charge in [0.25, 0.3) is 0 Å². The molecule has 2 saturated carbocycles. The molecule has 0 radical (unpaired) electrons. The first kappa shape index (κ1) is 16.6. The Morgan fingerprint density at radius 3 is 2.62 bits per heavy atom. The van der Waals surface area contributed by atoms with Crippen LogP contribution in [0.5, 0.6) is 0 Å². The number of nitrogens with zero attached hydrogens (tertiary/aromatic N) is 1. The average molecular weight is 297 g/mol. The van der Waals surface area contributed by atoms with Crippen molar-refractivity contribution in [3.8, 4) is 0 Å². The van der Waals surface area contributed by atoms with Crippen LogP contribution in [0.4, 0.5) is 4.79 Å². The van der Waals surface area contributed by atoms with Crippen LogP contribution in [0.15, 0.2) is 0 Å². The van der Waals surface area contributed by atoms with E-state index in [9.17, 15) is 9.90 Å². The minimum atomic E-state index is -0.0767. The van der Waals surface area contributed by atoms with Gasteiger partial charge in [-0.25, -0.2) is 4.79 Å². The zero-order valence-electron chi connectivity index (χ0n) is 13.3. The molecule has 2 amide bonds. The predicted octanol–water partition coefficient (Wildman–Crippen LogP) is 1.71. The molecule has 0 saturated heterocycles. The summed E-state index contributed by atoms with van der Waals surface area (Å²) < 4.78 is 0. The second-order valence-electron chi connectivity index (χ2n) is 6.45. The summed E-state index contributed by atoms with van der Waals surface area (Å²) >= 11 is 0. The highest BCUT2D eigenvalue weighted by molar-refractivity contribution is 5.74. The lowest BCUT2D eigenvalue weighted by Gasteiger charge is -2.25. The van der Waals surface area contributed by atoms with Crippen molar-refractivity contribution in [3.05, 3.63) is 0 Å². The van der Waals surface area contributed by atoms with Gasteiger partial charge in [0.05, 0.1) is 0 Å². The molecule has 122 valence electrons. The fourth-order valence-corrected chi connectivity index (χ4v) is 3.36. The Morgan fingerprint density at radius 1 is 1.19 bits per heavy atom. The van der Waals surface area contributed by atoms with Crippen LogP contribution < -0.4 is 10.6 Å². The summed E-state index contributed by atoms with van der Waals surface area (Å²) in [6.45, 7) is 5.05. The van der Waals surface area contributed by atoms with E-state index in [4.69, 9.17) is 0 Å². The summed E-state index contributed by atoms with van der Waals surface area (Å²) in [4.78, 5) is 14.5. The van der Waals surface area contributed by atoms with Crippen molar-refractivity contribution in [2.75, 3.05) is 26.2 Å². The van der Waals surface area contributed by atoms with Crippen LogP contribution in [0.25, 0.3) is 0 Å². The molecule has 3 N–H and O–H groups in total. The van der Waals surface area contributed by atoms with Gasteiger partial charge in [0.15, 0.2) is 0 Å². The lowest BCUT2D eigenvalue weighted by atomic mass is 9.96. The Kier molecular flexibility index (Phi) is 6.77. The molecule has 0 bridgehead atoms. The molecule has 0 aromatic rings. The van der Waals surface area contributed by atoms with Gasteiger partial charge in [-0.05, 0) is 32.2 Å². The number of carbonyl (C=O) groups excluding carboxylic acids is 1. The Balaban J connectivity index is 1.67. The third kappa shape index (κ3) is 5.47. The maximum Gasteiger partial charge on any atom is 0.315 e. The zero-order valence-corrected chi connectivity index (χ0v) is 13.3. The van der Waals surface area contributed by atoms with Crippen LogP contribution >= 0.6 is 0 Å². The summed E-state index contributed by atoms with van der Waals surface area (Å²) in [5.41, 5.74) is 0. The number of aliphatic hydroxyl groups excluding tert-OH is 1. The van der Waals surface area contributed by atoms with E-state index in [1.807, 2.05) is 0 Å². The Hall–Kier alpha value is -0.810. The van der Waals surface area contributed by atoms with Crippen molar-refractivity contribution >= 4 is 6.03 Å². The smallest absolute Gasteiger partial charge is 0.315 e. The van der Waals surface area contributed by atoms with Gasteiger partial charge in [0, 0.05) is 37.7 Å². The second kappa shape index (κ2) is 8.59. The normalized spacial score (nSPS) is 26.4. The molecule has 2 atom stereocenters. The van der Waals surface area contributed by atoms with Crippen molar-refractivity contribution in [1.29, 1.82) is 0 Å². The molecule has 21 heavy (non-hydrogen) atoms. The molecule has 0 aromatic carbocycles. The summed E-state index contributed by atoms with van der Waals surface area (Å²) in [7, 11) is 0. The number of amides is 2. The van der Waals surface area contributed by atoms with E-state index >= 15 is 0 Å². The second-order valence-corrected chi connectivity index (χ2v) is 6.45. The van der Waals surface area contributed by atoms with Gasteiger partial charge in [0.2, 0.25) is 0 Å². The summed E-state index contributed by atoms with van der Waals surface area (Å²) in [5, 5.41) is 15.5. The number of rotatable bonds is 7. The zero-order chi connectivity index (χ0) is 15.1. The van der Waals surface area contributed by atoms with Gasteiger partial charge in [-0.3, -0.25) is 4.90 Å². The first-order valence-corrected chi connectivity index (χ1v) is 8.63. The highest BCUT2D eigenvalue weighted by Crippen LogP contribution is 2.26. The molecular weight excluding hydrogens is 266 g/mol. The molecule has 5 nitrogen and oxygen atoms in total. The van der Waals surface area contributed by atoms with Crippen molar-refractivity contribution in [3.63, 3.8) is 0 Å². The van der Waals surface area contributed by atoms with E-state index in [2.05, 4.69) is 22.5 Å². The first-order valence-electron chi connectivity index (χ1n) is 8.63. The van der Waals surface area contributed by atoms with Crippen molar-refractivity contribution in [1.82, 2.24) is 15.5 Å². The van der Waals surface area contributed by atoms with E-state index in [-0.39, 0.29) is 24.6 Å². The van der Waals surface area contributed by atoms with Crippen molar-refractivity contribution < 1.29 is 9.90 Å². The number of likely N-dealkylation sites (N-methyl/N-ethyl adjacent to an activating group) is 1. The highest BCUT2D eigenvalue weighted by Gasteiger charge is 2.27. The third-order valence-corrected chi connectivity index (χ3v) is 4.86. The number of urea groups is 1. The molecule has 0 aliphatic heterocycles. The van der Waals surface area contributed by atoms with Crippen LogP contribution in [0.2, 0.25) is 0 Å². The van der Waals surface area contributed by atoms with Gasteiger partial charge >= 0.3 is 6.03 Å². The molecule has 0 spiro atoms. The SMILES string of the molecule is CCN(CCNC(=O)NC1CCCCCC1CO)C1CC1. The minimum Gasteiger partial charge on any atom is -0.396 e. The number of nitrogens with one attached hydrogen (secondary N) is 2. The molecule has 2 fully saturated rings. The number of carbonyl (C=O) groups is 1. The molecule has 0 aromatic heterocycles. The van der Waals surface area contributed by atoms with E-state index < -0.39 is 0 Å². The maximum absolute atomic E-state index is 12.0. The molecule has 2 aliphatic rings. The molecule has 5 heteroatoms. The van der Waals surface area contributed by atoms with E-state index in [0.29, 0.717) is 6.54 Å². The van der Waals surface area contributed by atoms with Crippen LogP contribution in [0.1, 0.15) is 51.9 Å². The molecule has 2 unspecified atom stereocenters. The Bertz CT molecular complexity index is 321. The first-order chi connectivity index (χ1) is 10.2. The largest absolute Gasteiger partial charge is 0.396 e. The predicted molar refractivity (Wildman–Crippen MR) is 84.3 cm³/mol. The van der Waals surface area contributed by atoms with Crippen LogP contribution in [-0.4, -0.2) is 54.4 Å². The standard InChI is InChI=1S/C16H31N3O2/c1-2-19(14-8-9-14)11-10-17-16(21)18-15-7-5-3-4-6-13(15)12-20/h13-15,20H,2-12H2,1H3,(H2,17,18,21). The summed E-state index contributed by atoms with van der Waals surface area (Å²) in [6.07, 6.45) is 8.14. The van der Waals surface area contributed by atoms with E-state index in [1.54, 1.807) is 0 Å². The Labute approximate surface area is 128 Å². The number of hydrogen-bond acceptors (Lipinski definition) is 3. The van der Waals surface area contributed by atoms with Gasteiger partial charge < -0.3 is 15.7 Å². The van der Waals surface area contributed by atoms with E-state index in [0.717, 1.165) is 44.8 Å². The maximum atomic E-state index is 12.0. The quantitative estimate of drug-likeness (QED) is 0.627. The average Bonchev–Trinajstić information content (AvgIpc) is 3.31. The fraction of sp³-hybridized carbons (Fsp3) is 0.938. The Morgan fingerprint density at radius 2 is 1.95 bits per heavy atom. The van der Waals surface area contributed by atoms with Crippen LogP contribution in [-0.2, 0) is 0 Å². The third-order valence-electron chi connectivity index (χ3n) is 4.86. The molecule has 2 rings (SSSR count). The van der Waals surface area contributed by atoms with Gasteiger partial charge in [-0.15, -0.1) is 0 Å². The fourth-order valence-electron chi connectivity index (χ4n) is 3.36. The lowest BCUT2D eigenvalue weighted by molar-refractivity contribution is 0.178. The number of aliphatic hydroxyl groups is 1. The lowest BCUT2D eigenvalue weighted by Crippen LogP contribution is -2.47. The van der Waals surface area contributed by atoms with Crippen molar-refractivity contribution in [2.24, 2.45) is 5.92 Å². The monoisotopic (exact) mass is 297 g/mol. The summed E-state index contributed by atoms with van der Waals surface area (Å²) in [6, 6.07) is 0.802. The van der Waals surface area contributed by atoms with Crippen LogP contribution in [0, 0.1) is 5.92 Å². The minimum absolute atomic E-state index is 0.0767. The molecule has 0 heterocycles. The van der Waals surface area contributed by atoms with E-state index in [1.165, 1.54) is 19.3 Å². The topological polar surface area (TPSA) is 64.6 Å². The molecule has 2 aliphatic carbocycles. The summed E-state index contributed by atoms with van der Waals surface area (Å²) in [5.74, 6) is 0.219. The van der Waals surface area contributed by atoms with Gasteiger partial charge in [0.1, 0.15) is 0 Å². The van der Waals surface area contributed by atoms with Crippen molar-refractivity contribution in [2.45, 2.75) is 64.0 Å².